The van der Waals surface area contributed by atoms with Crippen molar-refractivity contribution in [1.29, 1.82) is 0 Å². The quantitative estimate of drug-likeness (QED) is 0.605. The molecule has 0 fully saturated rings. The van der Waals surface area contributed by atoms with Crippen LogP contribution in [0, 0.1) is 17.0 Å². The second kappa shape index (κ2) is 4.84. The smallest absolute Gasteiger partial charge is 0.293 e. The van der Waals surface area contributed by atoms with Crippen molar-refractivity contribution < 1.29 is 10.0 Å². The van der Waals surface area contributed by atoms with Gasteiger partial charge in [0, 0.05) is 18.2 Å². The Bertz CT molecular complexity index is 366. The van der Waals surface area contributed by atoms with Gasteiger partial charge in [0.1, 0.15) is 5.69 Å². The first-order chi connectivity index (χ1) is 7.06. The molecule has 0 bridgehead atoms. The summed E-state index contributed by atoms with van der Waals surface area (Å²) in [6, 6.07) is 1.60. The molecule has 5 nitrogen and oxygen atoms in total. The van der Waals surface area contributed by atoms with Crippen LogP contribution in [0.5, 0.6) is 0 Å². The third-order valence-electron chi connectivity index (χ3n) is 2.28. The van der Waals surface area contributed by atoms with Gasteiger partial charge in [-0.05, 0) is 19.4 Å². The highest BCUT2D eigenvalue weighted by Gasteiger charge is 2.19. The fraction of sp³-hybridized carbons (Fsp3) is 0.500. The minimum atomic E-state index is -0.571. The standard InChI is InChI=1S/C10H14N2O3/c1-3-8(13)6-9-10(12(14)15)7(2)4-5-11-9/h4-5,8,13H,3,6H2,1-2H3. The lowest BCUT2D eigenvalue weighted by atomic mass is 10.1. The Hall–Kier alpha value is -1.49. The van der Waals surface area contributed by atoms with Crippen molar-refractivity contribution in [2.24, 2.45) is 0 Å². The van der Waals surface area contributed by atoms with Crippen molar-refractivity contribution in [3.05, 3.63) is 33.6 Å². The lowest BCUT2D eigenvalue weighted by Crippen LogP contribution is -2.12. The molecule has 5 heteroatoms. The van der Waals surface area contributed by atoms with Crippen molar-refractivity contribution in [3.8, 4) is 0 Å². The average molecular weight is 210 g/mol. The Kier molecular flexibility index (Phi) is 3.74. The topological polar surface area (TPSA) is 76.3 Å². The molecule has 0 aliphatic heterocycles. The number of aliphatic hydroxyl groups is 1. The van der Waals surface area contributed by atoms with Crippen LogP contribution in [-0.2, 0) is 6.42 Å². The number of aliphatic hydroxyl groups excluding tert-OH is 1. The monoisotopic (exact) mass is 210 g/mol. The van der Waals surface area contributed by atoms with Crippen molar-refractivity contribution >= 4 is 5.69 Å². The summed E-state index contributed by atoms with van der Waals surface area (Å²) >= 11 is 0. The van der Waals surface area contributed by atoms with Gasteiger partial charge in [0.2, 0.25) is 0 Å². The molecule has 0 aliphatic carbocycles. The first-order valence-corrected chi connectivity index (χ1v) is 4.83. The minimum absolute atomic E-state index is 0.0185. The SMILES string of the molecule is CCC(O)Cc1nccc(C)c1[N+](=O)[O-]. The van der Waals surface area contributed by atoms with E-state index in [-0.39, 0.29) is 12.1 Å². The Balaban J connectivity index is 3.06. The molecule has 0 spiro atoms. The Morgan fingerprint density at radius 2 is 2.33 bits per heavy atom. The van der Waals surface area contributed by atoms with E-state index in [2.05, 4.69) is 4.98 Å². The lowest BCUT2D eigenvalue weighted by Gasteiger charge is -2.08. The third-order valence-corrected chi connectivity index (χ3v) is 2.28. The van der Waals surface area contributed by atoms with E-state index in [1.54, 1.807) is 13.0 Å². The van der Waals surface area contributed by atoms with E-state index in [0.29, 0.717) is 17.7 Å². The zero-order valence-corrected chi connectivity index (χ0v) is 8.80. The van der Waals surface area contributed by atoms with Gasteiger partial charge in [0.15, 0.2) is 0 Å². The maximum absolute atomic E-state index is 10.8. The molecule has 0 aromatic carbocycles. The molecule has 0 saturated heterocycles. The van der Waals surface area contributed by atoms with Crippen molar-refractivity contribution in [2.75, 3.05) is 0 Å². The molecule has 82 valence electrons. The van der Waals surface area contributed by atoms with E-state index in [0.717, 1.165) is 0 Å². The number of nitrogens with zero attached hydrogens (tertiary/aromatic N) is 2. The second-order valence-corrected chi connectivity index (χ2v) is 3.45. The summed E-state index contributed by atoms with van der Waals surface area (Å²) < 4.78 is 0. The van der Waals surface area contributed by atoms with E-state index >= 15 is 0 Å². The first-order valence-electron chi connectivity index (χ1n) is 4.83. The molecule has 1 heterocycles. The van der Waals surface area contributed by atoms with Gasteiger partial charge >= 0.3 is 0 Å². The number of nitro groups is 1. The van der Waals surface area contributed by atoms with Gasteiger partial charge in [-0.25, -0.2) is 0 Å². The van der Waals surface area contributed by atoms with E-state index in [9.17, 15) is 15.2 Å². The number of pyridine rings is 1. The van der Waals surface area contributed by atoms with Crippen LogP contribution in [0.25, 0.3) is 0 Å². The zero-order valence-electron chi connectivity index (χ0n) is 8.80. The van der Waals surface area contributed by atoms with Gasteiger partial charge in [0.25, 0.3) is 5.69 Å². The van der Waals surface area contributed by atoms with Gasteiger partial charge in [-0.1, -0.05) is 6.92 Å². The van der Waals surface area contributed by atoms with Crippen molar-refractivity contribution in [2.45, 2.75) is 32.8 Å². The summed E-state index contributed by atoms with van der Waals surface area (Å²) in [5.41, 5.74) is 0.952. The maximum Gasteiger partial charge on any atom is 0.293 e. The van der Waals surface area contributed by atoms with Crippen LogP contribution in [0.2, 0.25) is 0 Å². The normalized spacial score (nSPS) is 12.5. The summed E-state index contributed by atoms with van der Waals surface area (Å²) in [7, 11) is 0. The number of aromatic nitrogens is 1. The molecule has 1 rings (SSSR count). The molecule has 1 unspecified atom stereocenters. The summed E-state index contributed by atoms with van der Waals surface area (Å²) in [4.78, 5) is 14.3. The van der Waals surface area contributed by atoms with Crippen LogP contribution in [0.1, 0.15) is 24.6 Å². The molecule has 0 amide bonds. The van der Waals surface area contributed by atoms with Crippen LogP contribution in [0.15, 0.2) is 12.3 Å². The van der Waals surface area contributed by atoms with Crippen LogP contribution in [0.4, 0.5) is 5.69 Å². The number of aryl methyl sites for hydroxylation is 1. The number of hydrogen-bond acceptors (Lipinski definition) is 4. The van der Waals surface area contributed by atoms with Gasteiger partial charge in [-0.15, -0.1) is 0 Å². The lowest BCUT2D eigenvalue weighted by molar-refractivity contribution is -0.386. The van der Waals surface area contributed by atoms with Crippen molar-refractivity contribution in [3.63, 3.8) is 0 Å². The fourth-order valence-electron chi connectivity index (χ4n) is 1.37. The summed E-state index contributed by atoms with van der Waals surface area (Å²) in [6.07, 6.45) is 1.75. The van der Waals surface area contributed by atoms with Gasteiger partial charge in [0.05, 0.1) is 11.0 Å². The van der Waals surface area contributed by atoms with E-state index in [1.165, 1.54) is 6.20 Å². The Morgan fingerprint density at radius 3 is 2.87 bits per heavy atom. The predicted octanol–water partition coefficient (Wildman–Crippen LogP) is 1.61. The zero-order chi connectivity index (χ0) is 11.4. The van der Waals surface area contributed by atoms with E-state index in [1.807, 2.05) is 6.92 Å². The molecule has 1 aromatic rings. The van der Waals surface area contributed by atoms with E-state index < -0.39 is 11.0 Å². The largest absolute Gasteiger partial charge is 0.393 e. The van der Waals surface area contributed by atoms with Crippen LogP contribution < -0.4 is 0 Å². The second-order valence-electron chi connectivity index (χ2n) is 3.45. The molecule has 0 aliphatic rings. The van der Waals surface area contributed by atoms with Crippen LogP contribution >= 0.6 is 0 Å². The number of hydrogen-bond donors (Lipinski definition) is 1. The highest BCUT2D eigenvalue weighted by molar-refractivity contribution is 5.43. The molecular weight excluding hydrogens is 196 g/mol. The van der Waals surface area contributed by atoms with Gasteiger partial charge in [-0.3, -0.25) is 15.1 Å². The Morgan fingerprint density at radius 1 is 1.67 bits per heavy atom. The molecule has 0 radical (unpaired) electrons. The summed E-state index contributed by atoms with van der Waals surface area (Å²) in [6.45, 7) is 3.49. The van der Waals surface area contributed by atoms with Crippen LogP contribution in [-0.4, -0.2) is 21.1 Å². The first kappa shape index (κ1) is 11.6. The van der Waals surface area contributed by atoms with Gasteiger partial charge in [-0.2, -0.15) is 0 Å². The van der Waals surface area contributed by atoms with Gasteiger partial charge < -0.3 is 5.11 Å². The van der Waals surface area contributed by atoms with Crippen LogP contribution in [0.3, 0.4) is 0 Å². The molecule has 1 N–H and O–H groups in total. The maximum atomic E-state index is 10.8. The molecular formula is C10H14N2O3. The minimum Gasteiger partial charge on any atom is -0.393 e. The predicted molar refractivity (Wildman–Crippen MR) is 55.6 cm³/mol. The third kappa shape index (κ3) is 2.73. The highest BCUT2D eigenvalue weighted by Crippen LogP contribution is 2.22. The molecule has 1 aromatic heterocycles. The summed E-state index contributed by atoms with van der Waals surface area (Å²) in [5.74, 6) is 0. The van der Waals surface area contributed by atoms with E-state index in [4.69, 9.17) is 0 Å². The molecule has 15 heavy (non-hydrogen) atoms. The molecule has 1 atom stereocenters. The summed E-state index contributed by atoms with van der Waals surface area (Å²) in [5, 5.41) is 20.2. The molecule has 0 saturated carbocycles. The Labute approximate surface area is 87.9 Å². The van der Waals surface area contributed by atoms with Crippen molar-refractivity contribution in [1.82, 2.24) is 4.98 Å². The number of rotatable bonds is 4. The fourth-order valence-corrected chi connectivity index (χ4v) is 1.37. The highest BCUT2D eigenvalue weighted by atomic mass is 16.6. The average Bonchev–Trinajstić information content (AvgIpc) is 2.17.